The molecule has 3 heteroatoms. The number of hydrogen-bond acceptors (Lipinski definition) is 0. The van der Waals surface area contributed by atoms with Gasteiger partial charge in [-0.25, -0.2) is 0 Å². The summed E-state index contributed by atoms with van der Waals surface area (Å²) in [6.07, 6.45) is 4.44. The lowest BCUT2D eigenvalue weighted by atomic mass is 9.74. The minimum atomic E-state index is 0.252. The van der Waals surface area contributed by atoms with Crippen LogP contribution in [0.5, 0.6) is 0 Å². The largest absolute Gasteiger partial charge is 0.123 e. The van der Waals surface area contributed by atoms with Gasteiger partial charge >= 0.3 is 0 Å². The molecule has 1 saturated carbocycles. The summed E-state index contributed by atoms with van der Waals surface area (Å²) in [5.41, 5.74) is 1.06. The summed E-state index contributed by atoms with van der Waals surface area (Å²) in [5, 5.41) is 1.79. The third-order valence-corrected chi connectivity index (χ3v) is 5.68. The molecule has 0 nitrogen and oxygen atoms in total. The third kappa shape index (κ3) is 3.80. The summed E-state index contributed by atoms with van der Waals surface area (Å²) in [6.45, 7) is 4.61. The van der Waals surface area contributed by atoms with Crippen molar-refractivity contribution in [1.29, 1.82) is 0 Å². The minimum absolute atomic E-state index is 0.252. The van der Waals surface area contributed by atoms with Gasteiger partial charge in [0.15, 0.2) is 0 Å². The molecule has 0 saturated heterocycles. The molecule has 106 valence electrons. The van der Waals surface area contributed by atoms with E-state index in [-0.39, 0.29) is 5.38 Å². The second-order valence-corrected chi connectivity index (χ2v) is 7.37. The van der Waals surface area contributed by atoms with Crippen molar-refractivity contribution in [2.24, 2.45) is 17.8 Å². The van der Waals surface area contributed by atoms with Crippen molar-refractivity contribution in [2.45, 2.75) is 44.9 Å². The maximum Gasteiger partial charge on any atom is 0.0452 e. The molecule has 0 aliphatic heterocycles. The Kier molecular flexibility index (Phi) is 5.45. The van der Waals surface area contributed by atoms with Crippen LogP contribution < -0.4 is 0 Å². The molecule has 0 N–H and O–H groups in total. The van der Waals surface area contributed by atoms with Crippen molar-refractivity contribution in [1.82, 2.24) is 0 Å². The lowest BCUT2D eigenvalue weighted by Gasteiger charge is -2.35. The topological polar surface area (TPSA) is 0 Å². The van der Waals surface area contributed by atoms with E-state index in [1.54, 1.807) is 0 Å². The number of halogens is 3. The van der Waals surface area contributed by atoms with Crippen molar-refractivity contribution in [3.63, 3.8) is 0 Å². The third-order valence-electron chi connectivity index (χ3n) is 4.40. The molecule has 0 heterocycles. The maximum absolute atomic E-state index is 6.52. The maximum atomic E-state index is 6.52. The van der Waals surface area contributed by atoms with Crippen molar-refractivity contribution in [3.8, 4) is 0 Å². The molecule has 1 aromatic rings. The highest BCUT2D eigenvalue weighted by molar-refractivity contribution is 6.36. The van der Waals surface area contributed by atoms with Gasteiger partial charge in [-0.15, -0.1) is 11.6 Å². The Labute approximate surface area is 131 Å². The average molecular weight is 320 g/mol. The highest BCUT2D eigenvalue weighted by atomic mass is 35.5. The Balaban J connectivity index is 2.12. The molecule has 3 unspecified atom stereocenters. The van der Waals surface area contributed by atoms with E-state index in [1.165, 1.54) is 12.8 Å². The molecule has 2 rings (SSSR count). The van der Waals surface area contributed by atoms with Gasteiger partial charge in [-0.2, -0.15) is 0 Å². The molecular formula is C16H21Cl3. The van der Waals surface area contributed by atoms with Crippen molar-refractivity contribution >= 4 is 34.8 Å². The summed E-state index contributed by atoms with van der Waals surface area (Å²) < 4.78 is 0. The van der Waals surface area contributed by atoms with Gasteiger partial charge in [-0.1, -0.05) is 43.1 Å². The fraction of sp³-hybridized carbons (Fsp3) is 0.625. The number of benzene rings is 1. The Morgan fingerprint density at radius 1 is 1.16 bits per heavy atom. The van der Waals surface area contributed by atoms with Crippen molar-refractivity contribution in [2.75, 3.05) is 0 Å². The van der Waals surface area contributed by atoms with Gasteiger partial charge in [-0.3, -0.25) is 0 Å². The van der Waals surface area contributed by atoms with Gasteiger partial charge in [0.1, 0.15) is 0 Å². The van der Waals surface area contributed by atoms with Gasteiger partial charge < -0.3 is 0 Å². The summed E-state index contributed by atoms with van der Waals surface area (Å²) in [5.74, 6) is 2.00. The Hall–Kier alpha value is 0.0900. The second-order valence-electron chi connectivity index (χ2n) is 6.00. The zero-order valence-electron chi connectivity index (χ0n) is 11.5. The van der Waals surface area contributed by atoms with Gasteiger partial charge in [0.05, 0.1) is 0 Å². The first-order chi connectivity index (χ1) is 8.99. The average Bonchev–Trinajstić information content (AvgIpc) is 2.35. The van der Waals surface area contributed by atoms with E-state index in [9.17, 15) is 0 Å². The number of alkyl halides is 1. The molecule has 0 spiro atoms. The van der Waals surface area contributed by atoms with Crippen LogP contribution in [0.1, 0.15) is 38.7 Å². The summed E-state index contributed by atoms with van der Waals surface area (Å²) in [7, 11) is 0. The van der Waals surface area contributed by atoms with Crippen LogP contribution in [0.4, 0.5) is 0 Å². The Bertz CT molecular complexity index is 408. The van der Waals surface area contributed by atoms with E-state index in [2.05, 4.69) is 13.8 Å². The van der Waals surface area contributed by atoms with E-state index in [1.807, 2.05) is 18.2 Å². The van der Waals surface area contributed by atoms with Gasteiger partial charge in [0, 0.05) is 15.4 Å². The van der Waals surface area contributed by atoms with E-state index in [4.69, 9.17) is 34.8 Å². The summed E-state index contributed by atoms with van der Waals surface area (Å²) in [4.78, 5) is 0. The molecule has 1 aliphatic rings. The Morgan fingerprint density at radius 2 is 1.79 bits per heavy atom. The predicted octanol–water partition coefficient (Wildman–Crippen LogP) is 6.22. The highest BCUT2D eigenvalue weighted by Crippen LogP contribution is 2.40. The summed E-state index contributed by atoms with van der Waals surface area (Å²) >= 11 is 19.1. The summed E-state index contributed by atoms with van der Waals surface area (Å²) in [6, 6.07) is 5.72. The molecular weight excluding hydrogens is 299 g/mol. The molecule has 1 aromatic carbocycles. The lowest BCUT2D eigenvalue weighted by Crippen LogP contribution is -2.29. The Morgan fingerprint density at radius 3 is 2.37 bits per heavy atom. The zero-order chi connectivity index (χ0) is 14.0. The van der Waals surface area contributed by atoms with Crippen LogP contribution in [0.25, 0.3) is 0 Å². The highest BCUT2D eigenvalue weighted by Gasteiger charge is 2.31. The standard InChI is InChI=1S/C16H21Cl3/c1-10(2)11-6-7-14(17)12(8-11)9-13-15(18)4-3-5-16(13)19/h3-5,10-12,14H,6-9H2,1-2H3. The molecule has 1 aliphatic carbocycles. The molecule has 0 amide bonds. The van der Waals surface area contributed by atoms with E-state index in [0.717, 1.165) is 40.3 Å². The minimum Gasteiger partial charge on any atom is -0.123 e. The monoisotopic (exact) mass is 318 g/mol. The van der Waals surface area contributed by atoms with Crippen LogP contribution in [0.15, 0.2) is 18.2 Å². The van der Waals surface area contributed by atoms with Crippen LogP contribution in [0.2, 0.25) is 10.0 Å². The fourth-order valence-electron chi connectivity index (χ4n) is 3.07. The SMILES string of the molecule is CC(C)C1CCC(Cl)C(Cc2c(Cl)cccc2Cl)C1. The first-order valence-corrected chi connectivity index (χ1v) is 8.25. The van der Waals surface area contributed by atoms with Crippen LogP contribution >= 0.6 is 34.8 Å². The normalized spacial score (nSPS) is 27.8. The van der Waals surface area contributed by atoms with Gasteiger partial charge in [-0.05, 0) is 61.1 Å². The lowest BCUT2D eigenvalue weighted by molar-refractivity contribution is 0.218. The fourth-order valence-corrected chi connectivity index (χ4v) is 3.94. The quantitative estimate of drug-likeness (QED) is 0.580. The smallest absolute Gasteiger partial charge is 0.0452 e. The number of rotatable bonds is 3. The molecule has 19 heavy (non-hydrogen) atoms. The molecule has 0 radical (unpaired) electrons. The molecule has 0 bridgehead atoms. The van der Waals surface area contributed by atoms with Crippen molar-refractivity contribution in [3.05, 3.63) is 33.8 Å². The van der Waals surface area contributed by atoms with Crippen LogP contribution in [-0.2, 0) is 6.42 Å². The van der Waals surface area contributed by atoms with Crippen LogP contribution in [0, 0.1) is 17.8 Å². The molecule has 1 fully saturated rings. The van der Waals surface area contributed by atoms with Crippen LogP contribution in [0.3, 0.4) is 0 Å². The number of hydrogen-bond donors (Lipinski definition) is 0. The van der Waals surface area contributed by atoms with Gasteiger partial charge in [0.25, 0.3) is 0 Å². The predicted molar refractivity (Wildman–Crippen MR) is 85.5 cm³/mol. The van der Waals surface area contributed by atoms with Gasteiger partial charge in [0.2, 0.25) is 0 Å². The molecule has 0 aromatic heterocycles. The van der Waals surface area contributed by atoms with E-state index in [0.29, 0.717) is 5.92 Å². The van der Waals surface area contributed by atoms with Crippen LogP contribution in [-0.4, -0.2) is 5.38 Å². The van der Waals surface area contributed by atoms with E-state index >= 15 is 0 Å². The van der Waals surface area contributed by atoms with Crippen molar-refractivity contribution < 1.29 is 0 Å². The van der Waals surface area contributed by atoms with E-state index < -0.39 is 0 Å². The zero-order valence-corrected chi connectivity index (χ0v) is 13.8. The first-order valence-electron chi connectivity index (χ1n) is 7.06. The molecule has 3 atom stereocenters. The second kappa shape index (κ2) is 6.70. The first kappa shape index (κ1) is 15.5.